The largest absolute Gasteiger partial charge is 0.494 e. The molecule has 3 atom stereocenters. The molecule has 2 aliphatic rings. The van der Waals surface area contributed by atoms with Crippen LogP contribution in [0.25, 0.3) is 22.4 Å². The molecule has 13 heteroatoms. The Morgan fingerprint density at radius 2 is 1.85 bits per heavy atom. The van der Waals surface area contributed by atoms with Crippen LogP contribution in [-0.2, 0) is 16.1 Å². The van der Waals surface area contributed by atoms with Crippen molar-refractivity contribution in [3.63, 3.8) is 0 Å². The number of ether oxygens (including phenoxy) is 1. The van der Waals surface area contributed by atoms with E-state index >= 15 is 0 Å². The summed E-state index contributed by atoms with van der Waals surface area (Å²) in [5.41, 5.74) is 1.07. The molecule has 3 aromatic rings. The van der Waals surface area contributed by atoms with Gasteiger partial charge in [-0.3, -0.25) is 14.3 Å². The minimum Gasteiger partial charge on any atom is -0.494 e. The van der Waals surface area contributed by atoms with Gasteiger partial charge in [0.15, 0.2) is 11.6 Å². The van der Waals surface area contributed by atoms with Crippen LogP contribution in [0.3, 0.4) is 0 Å². The monoisotopic (exact) mass is 559 g/mol. The summed E-state index contributed by atoms with van der Waals surface area (Å²) in [5, 5.41) is 15.5. The predicted molar refractivity (Wildman–Crippen MR) is 131 cm³/mol. The topological polar surface area (TPSA) is 100 Å². The van der Waals surface area contributed by atoms with Gasteiger partial charge in [0, 0.05) is 23.4 Å². The molecule has 1 N–H and O–H groups in total. The highest BCUT2D eigenvalue weighted by Gasteiger charge is 2.51. The normalized spacial score (nSPS) is 19.9. The van der Waals surface area contributed by atoms with Crippen LogP contribution in [0.1, 0.15) is 24.8 Å². The summed E-state index contributed by atoms with van der Waals surface area (Å²) in [6.45, 7) is -0.294. The van der Waals surface area contributed by atoms with E-state index < -0.39 is 41.7 Å². The lowest BCUT2D eigenvalue weighted by Gasteiger charge is -2.25. The van der Waals surface area contributed by atoms with Crippen LogP contribution in [-0.4, -0.2) is 57.9 Å². The maximum Gasteiger partial charge on any atom is 0.471 e. The van der Waals surface area contributed by atoms with Crippen LogP contribution in [0.5, 0.6) is 5.75 Å². The SMILES string of the molecule is COc1ccc(-c2cn(CC(=O)N3C4CCC3C(NC(=O)C(F)(F)F)C4)nc2-c2ccc(C#N)c(F)c2)cc1F. The number of methoxy groups -OCH3 is 1. The number of halogens is 5. The minimum absolute atomic E-state index is 0.00830. The Morgan fingerprint density at radius 3 is 2.50 bits per heavy atom. The molecule has 3 unspecified atom stereocenters. The molecule has 2 bridgehead atoms. The lowest BCUT2D eigenvalue weighted by atomic mass is 9.95. The molecule has 2 fully saturated rings. The lowest BCUT2D eigenvalue weighted by molar-refractivity contribution is -0.174. The van der Waals surface area contributed by atoms with Gasteiger partial charge in [-0.2, -0.15) is 23.5 Å². The second-order valence-electron chi connectivity index (χ2n) is 9.66. The summed E-state index contributed by atoms with van der Waals surface area (Å²) >= 11 is 0. The standard InChI is InChI=1S/C27H22F5N5O3/c1-40-23-7-4-14(8-20(23)29)18-12-36(35-25(18)15-2-3-16(11-33)19(28)9-15)13-24(38)37-17-5-6-22(37)21(10-17)34-26(39)27(30,31)32/h2-4,7-9,12,17,21-22H,5-6,10,13H2,1H3,(H,34,39). The van der Waals surface area contributed by atoms with Crippen LogP contribution >= 0.6 is 0 Å². The number of carbonyl (C=O) groups excluding carboxylic acids is 2. The quantitative estimate of drug-likeness (QED) is 0.457. The Kier molecular flexibility index (Phi) is 6.95. The molecule has 1 aromatic heterocycles. The van der Waals surface area contributed by atoms with Gasteiger partial charge in [0.05, 0.1) is 24.8 Å². The van der Waals surface area contributed by atoms with Gasteiger partial charge in [0.2, 0.25) is 5.91 Å². The molecule has 2 aliphatic heterocycles. The highest BCUT2D eigenvalue weighted by atomic mass is 19.4. The number of fused-ring (bicyclic) bond motifs is 2. The molecule has 5 rings (SSSR count). The second-order valence-corrected chi connectivity index (χ2v) is 9.66. The minimum atomic E-state index is -5.02. The molecule has 2 aromatic carbocycles. The molecule has 2 saturated heterocycles. The molecule has 0 aliphatic carbocycles. The third-order valence-electron chi connectivity index (χ3n) is 7.28. The van der Waals surface area contributed by atoms with Crippen LogP contribution < -0.4 is 10.1 Å². The van der Waals surface area contributed by atoms with Crippen molar-refractivity contribution in [3.05, 3.63) is 59.8 Å². The smallest absolute Gasteiger partial charge is 0.471 e. The van der Waals surface area contributed by atoms with E-state index in [0.29, 0.717) is 24.0 Å². The van der Waals surface area contributed by atoms with Crippen molar-refractivity contribution in [2.45, 2.75) is 50.1 Å². The molecule has 0 saturated carbocycles. The van der Waals surface area contributed by atoms with Gasteiger partial charge in [0.25, 0.3) is 0 Å². The van der Waals surface area contributed by atoms with Crippen LogP contribution in [0.2, 0.25) is 0 Å². The zero-order valence-corrected chi connectivity index (χ0v) is 21.0. The average molecular weight is 559 g/mol. The summed E-state index contributed by atoms with van der Waals surface area (Å²) in [5.74, 6) is -3.88. The number of amides is 2. The average Bonchev–Trinajstić information content (AvgIpc) is 3.61. The number of aromatic nitrogens is 2. The summed E-state index contributed by atoms with van der Waals surface area (Å²) in [6.07, 6.45) is -2.27. The van der Waals surface area contributed by atoms with E-state index in [1.807, 2.05) is 5.32 Å². The van der Waals surface area contributed by atoms with Gasteiger partial charge >= 0.3 is 12.1 Å². The van der Waals surface area contributed by atoms with E-state index in [1.165, 1.54) is 47.2 Å². The van der Waals surface area contributed by atoms with Crippen LogP contribution in [0, 0.1) is 23.0 Å². The van der Waals surface area contributed by atoms with Gasteiger partial charge in [-0.15, -0.1) is 0 Å². The zero-order chi connectivity index (χ0) is 28.8. The highest BCUT2D eigenvalue weighted by Crippen LogP contribution is 2.39. The first kappa shape index (κ1) is 27.1. The molecule has 40 heavy (non-hydrogen) atoms. The van der Waals surface area contributed by atoms with Gasteiger partial charge in [-0.25, -0.2) is 8.78 Å². The van der Waals surface area contributed by atoms with E-state index in [-0.39, 0.29) is 41.6 Å². The molecule has 2 amide bonds. The number of rotatable bonds is 6. The molecule has 8 nitrogen and oxygen atoms in total. The fourth-order valence-electron chi connectivity index (χ4n) is 5.52. The van der Waals surface area contributed by atoms with Crippen molar-refractivity contribution in [1.82, 2.24) is 20.0 Å². The number of nitrogens with zero attached hydrogens (tertiary/aromatic N) is 4. The summed E-state index contributed by atoms with van der Waals surface area (Å²) < 4.78 is 73.6. The van der Waals surface area contributed by atoms with Crippen molar-refractivity contribution in [2.24, 2.45) is 0 Å². The second kappa shape index (κ2) is 10.3. The number of hydrogen-bond acceptors (Lipinski definition) is 5. The lowest BCUT2D eigenvalue weighted by Crippen LogP contribution is -2.49. The first-order chi connectivity index (χ1) is 19.0. The highest BCUT2D eigenvalue weighted by molar-refractivity contribution is 5.84. The van der Waals surface area contributed by atoms with E-state index in [2.05, 4.69) is 5.10 Å². The van der Waals surface area contributed by atoms with E-state index in [9.17, 15) is 31.5 Å². The van der Waals surface area contributed by atoms with E-state index in [0.717, 1.165) is 6.07 Å². The van der Waals surface area contributed by atoms with Gasteiger partial charge in [-0.05, 0) is 49.1 Å². The number of nitrogens with one attached hydrogen (secondary N) is 1. The van der Waals surface area contributed by atoms with Gasteiger partial charge < -0.3 is 15.0 Å². The molecular formula is C27H22F5N5O3. The van der Waals surface area contributed by atoms with E-state index in [4.69, 9.17) is 10.00 Å². The molecular weight excluding hydrogens is 537 g/mol. The predicted octanol–water partition coefficient (Wildman–Crippen LogP) is 4.19. The number of alkyl halides is 3. The number of benzene rings is 2. The van der Waals surface area contributed by atoms with Crippen molar-refractivity contribution in [1.29, 1.82) is 5.26 Å². The van der Waals surface area contributed by atoms with Crippen molar-refractivity contribution < 1.29 is 36.3 Å². The zero-order valence-electron chi connectivity index (χ0n) is 21.0. The number of carbonyl (C=O) groups is 2. The van der Waals surface area contributed by atoms with Crippen LogP contribution in [0.15, 0.2) is 42.6 Å². The first-order valence-electron chi connectivity index (χ1n) is 12.3. The Morgan fingerprint density at radius 1 is 1.12 bits per heavy atom. The Balaban J connectivity index is 1.44. The number of nitriles is 1. The maximum atomic E-state index is 14.5. The first-order valence-corrected chi connectivity index (χ1v) is 12.3. The fraction of sp³-hybridized carbons (Fsp3) is 0.333. The maximum absolute atomic E-state index is 14.5. The fourth-order valence-corrected chi connectivity index (χ4v) is 5.52. The van der Waals surface area contributed by atoms with Crippen molar-refractivity contribution >= 4 is 11.8 Å². The third kappa shape index (κ3) is 4.97. The summed E-state index contributed by atoms with van der Waals surface area (Å²) in [7, 11) is 1.32. The Labute approximate surface area is 224 Å². The van der Waals surface area contributed by atoms with E-state index in [1.54, 1.807) is 12.1 Å². The third-order valence-corrected chi connectivity index (χ3v) is 7.28. The summed E-state index contributed by atoms with van der Waals surface area (Å²) in [4.78, 5) is 26.3. The van der Waals surface area contributed by atoms with Crippen LogP contribution in [0.4, 0.5) is 22.0 Å². The summed E-state index contributed by atoms with van der Waals surface area (Å²) in [6, 6.07) is 8.09. The Hall–Kier alpha value is -4.47. The van der Waals surface area contributed by atoms with Crippen molar-refractivity contribution in [2.75, 3.05) is 7.11 Å². The molecule has 0 spiro atoms. The Bertz CT molecular complexity index is 1530. The van der Waals surface area contributed by atoms with Gasteiger partial charge in [0.1, 0.15) is 24.1 Å². The molecule has 208 valence electrons. The number of hydrogen-bond donors (Lipinski definition) is 1. The molecule has 3 heterocycles. The van der Waals surface area contributed by atoms with Gasteiger partial charge in [-0.1, -0.05) is 12.1 Å². The van der Waals surface area contributed by atoms with Crippen molar-refractivity contribution in [3.8, 4) is 34.2 Å². The molecule has 0 radical (unpaired) electrons.